The normalized spacial score (nSPS) is 12.8. The van der Waals surface area contributed by atoms with Crippen LogP contribution in [0.4, 0.5) is 11.4 Å². The van der Waals surface area contributed by atoms with Gasteiger partial charge in [0.05, 0.1) is 5.69 Å². The van der Waals surface area contributed by atoms with Crippen LogP contribution in [0.15, 0.2) is 42.5 Å². The first-order valence-corrected chi connectivity index (χ1v) is 9.67. The van der Waals surface area contributed by atoms with Crippen molar-refractivity contribution in [2.24, 2.45) is 7.05 Å². The molecule has 1 aromatic heterocycles. The van der Waals surface area contributed by atoms with Gasteiger partial charge in [-0.15, -0.1) is 0 Å². The monoisotopic (exact) mass is 388 g/mol. The van der Waals surface area contributed by atoms with Gasteiger partial charge in [0.1, 0.15) is 0 Å². The van der Waals surface area contributed by atoms with Gasteiger partial charge in [0, 0.05) is 37.5 Å². The van der Waals surface area contributed by atoms with Gasteiger partial charge in [-0.25, -0.2) is 0 Å². The average Bonchev–Trinajstić information content (AvgIpc) is 3.27. The first-order valence-electron chi connectivity index (χ1n) is 9.67. The van der Waals surface area contributed by atoms with Gasteiger partial charge in [0.15, 0.2) is 5.69 Å². The van der Waals surface area contributed by atoms with E-state index in [0.717, 1.165) is 28.9 Å². The number of carbonyl (C=O) groups excluding carboxylic acids is 2. The number of amides is 2. The molecule has 0 atom stereocenters. The van der Waals surface area contributed by atoms with Gasteiger partial charge in [-0.1, -0.05) is 18.2 Å². The molecule has 1 aliphatic heterocycles. The summed E-state index contributed by atoms with van der Waals surface area (Å²) in [6.45, 7) is 6.39. The molecule has 2 amide bonds. The number of hydrogen-bond donors (Lipinski definition) is 1. The summed E-state index contributed by atoms with van der Waals surface area (Å²) in [7, 11) is 1.83. The zero-order valence-electron chi connectivity index (χ0n) is 17.1. The van der Waals surface area contributed by atoms with Gasteiger partial charge in [-0.3, -0.25) is 14.3 Å². The molecule has 3 aromatic rings. The SMILES string of the molecule is CC(=O)N1CCc2ccc(NC(=O)c3cc(-c4ccc(C)c(C)c4)n(C)n3)cc21. The third kappa shape index (κ3) is 3.53. The van der Waals surface area contributed by atoms with Crippen LogP contribution in [0.2, 0.25) is 0 Å². The predicted octanol–water partition coefficient (Wildman–Crippen LogP) is 3.87. The van der Waals surface area contributed by atoms with Crippen molar-refractivity contribution in [1.29, 1.82) is 0 Å². The largest absolute Gasteiger partial charge is 0.321 e. The molecule has 2 heterocycles. The molecule has 0 spiro atoms. The lowest BCUT2D eigenvalue weighted by molar-refractivity contribution is -0.116. The lowest BCUT2D eigenvalue weighted by Gasteiger charge is -2.15. The van der Waals surface area contributed by atoms with Crippen LogP contribution in [-0.2, 0) is 18.3 Å². The van der Waals surface area contributed by atoms with Crippen molar-refractivity contribution in [2.75, 3.05) is 16.8 Å². The molecule has 0 bridgehead atoms. The Hall–Kier alpha value is -3.41. The number of hydrogen-bond acceptors (Lipinski definition) is 3. The zero-order valence-corrected chi connectivity index (χ0v) is 17.1. The van der Waals surface area contributed by atoms with Crippen LogP contribution in [0.25, 0.3) is 11.3 Å². The molecule has 6 nitrogen and oxygen atoms in total. The van der Waals surface area contributed by atoms with Crippen molar-refractivity contribution in [3.05, 3.63) is 64.8 Å². The molecule has 1 aliphatic rings. The third-order valence-electron chi connectivity index (χ3n) is 5.53. The zero-order chi connectivity index (χ0) is 20.7. The number of nitrogens with zero attached hydrogens (tertiary/aromatic N) is 3. The van der Waals surface area contributed by atoms with Crippen LogP contribution in [0.3, 0.4) is 0 Å². The summed E-state index contributed by atoms with van der Waals surface area (Å²) in [4.78, 5) is 26.3. The summed E-state index contributed by atoms with van der Waals surface area (Å²) in [6, 6.07) is 13.7. The minimum Gasteiger partial charge on any atom is -0.321 e. The fraction of sp³-hybridized carbons (Fsp3) is 0.261. The molecule has 0 saturated carbocycles. The number of nitrogens with one attached hydrogen (secondary N) is 1. The Morgan fingerprint density at radius 2 is 1.83 bits per heavy atom. The fourth-order valence-electron chi connectivity index (χ4n) is 3.73. The molecule has 0 unspecified atom stereocenters. The van der Waals surface area contributed by atoms with E-state index in [1.165, 1.54) is 11.1 Å². The second-order valence-electron chi connectivity index (χ2n) is 7.56. The number of aryl methyl sites for hydroxylation is 3. The van der Waals surface area contributed by atoms with Gasteiger partial charge in [-0.2, -0.15) is 5.10 Å². The first kappa shape index (κ1) is 18.9. The number of rotatable bonds is 3. The predicted molar refractivity (Wildman–Crippen MR) is 114 cm³/mol. The number of anilines is 2. The molecule has 148 valence electrons. The number of carbonyl (C=O) groups is 2. The lowest BCUT2D eigenvalue weighted by Crippen LogP contribution is -2.25. The summed E-state index contributed by atoms with van der Waals surface area (Å²) >= 11 is 0. The second-order valence-corrected chi connectivity index (χ2v) is 7.56. The molecule has 2 aromatic carbocycles. The summed E-state index contributed by atoms with van der Waals surface area (Å²) < 4.78 is 1.72. The van der Waals surface area contributed by atoms with Crippen molar-refractivity contribution < 1.29 is 9.59 Å². The van der Waals surface area contributed by atoms with Crippen LogP contribution < -0.4 is 10.2 Å². The van der Waals surface area contributed by atoms with E-state index >= 15 is 0 Å². The summed E-state index contributed by atoms with van der Waals surface area (Å²) in [5.74, 6) is -0.266. The molecule has 0 fully saturated rings. The molecule has 29 heavy (non-hydrogen) atoms. The maximum absolute atomic E-state index is 12.8. The van der Waals surface area contributed by atoms with Crippen molar-refractivity contribution in [2.45, 2.75) is 27.2 Å². The molecule has 6 heteroatoms. The Labute approximate surface area is 170 Å². The number of aromatic nitrogens is 2. The maximum Gasteiger partial charge on any atom is 0.276 e. The Morgan fingerprint density at radius 3 is 2.55 bits per heavy atom. The smallest absolute Gasteiger partial charge is 0.276 e. The highest BCUT2D eigenvalue weighted by Crippen LogP contribution is 2.31. The molecule has 0 aliphatic carbocycles. The molecule has 4 rings (SSSR count). The number of benzene rings is 2. The van der Waals surface area contributed by atoms with E-state index in [1.54, 1.807) is 22.6 Å². The highest BCUT2D eigenvalue weighted by atomic mass is 16.2. The van der Waals surface area contributed by atoms with Gasteiger partial charge >= 0.3 is 0 Å². The van der Waals surface area contributed by atoms with E-state index < -0.39 is 0 Å². The van der Waals surface area contributed by atoms with Crippen LogP contribution in [-0.4, -0.2) is 28.1 Å². The van der Waals surface area contributed by atoms with E-state index in [-0.39, 0.29) is 11.8 Å². The van der Waals surface area contributed by atoms with Crippen LogP contribution >= 0.6 is 0 Å². The first-order chi connectivity index (χ1) is 13.8. The van der Waals surface area contributed by atoms with E-state index in [4.69, 9.17) is 0 Å². The summed E-state index contributed by atoms with van der Waals surface area (Å²) in [5.41, 5.74) is 7.32. The summed E-state index contributed by atoms with van der Waals surface area (Å²) in [6.07, 6.45) is 0.836. The van der Waals surface area contributed by atoms with E-state index in [0.29, 0.717) is 17.9 Å². The minimum atomic E-state index is -0.275. The molecular weight excluding hydrogens is 364 g/mol. The van der Waals surface area contributed by atoms with Crippen molar-refractivity contribution in [1.82, 2.24) is 9.78 Å². The molecular formula is C23H24N4O2. The van der Waals surface area contributed by atoms with Gasteiger partial charge in [0.25, 0.3) is 5.91 Å². The van der Waals surface area contributed by atoms with Crippen molar-refractivity contribution in [3.63, 3.8) is 0 Å². The van der Waals surface area contributed by atoms with Gasteiger partial charge in [0.2, 0.25) is 5.91 Å². The van der Waals surface area contributed by atoms with Gasteiger partial charge < -0.3 is 10.2 Å². The van der Waals surface area contributed by atoms with E-state index in [1.807, 2.05) is 31.3 Å². The molecule has 1 N–H and O–H groups in total. The highest BCUT2D eigenvalue weighted by Gasteiger charge is 2.23. The lowest BCUT2D eigenvalue weighted by atomic mass is 10.0. The Bertz CT molecular complexity index is 1130. The van der Waals surface area contributed by atoms with Gasteiger partial charge in [-0.05, 0) is 61.2 Å². The van der Waals surface area contributed by atoms with Crippen LogP contribution in [0.1, 0.15) is 34.1 Å². The van der Waals surface area contributed by atoms with E-state index in [9.17, 15) is 9.59 Å². The maximum atomic E-state index is 12.8. The number of fused-ring (bicyclic) bond motifs is 1. The molecule has 0 radical (unpaired) electrons. The van der Waals surface area contributed by atoms with E-state index in [2.05, 4.69) is 36.4 Å². The quantitative estimate of drug-likeness (QED) is 0.741. The Morgan fingerprint density at radius 1 is 1.03 bits per heavy atom. The topological polar surface area (TPSA) is 67.2 Å². The van der Waals surface area contributed by atoms with Crippen molar-refractivity contribution in [3.8, 4) is 11.3 Å². The average molecular weight is 388 g/mol. The highest BCUT2D eigenvalue weighted by molar-refractivity contribution is 6.04. The van der Waals surface area contributed by atoms with Crippen molar-refractivity contribution >= 4 is 23.2 Å². The minimum absolute atomic E-state index is 0.00925. The second kappa shape index (κ2) is 7.20. The summed E-state index contributed by atoms with van der Waals surface area (Å²) in [5, 5.41) is 7.30. The Kier molecular flexibility index (Phi) is 4.70. The van der Waals surface area contributed by atoms with Crippen LogP contribution in [0.5, 0.6) is 0 Å². The third-order valence-corrected chi connectivity index (χ3v) is 5.53. The van der Waals surface area contributed by atoms with Crippen LogP contribution in [0, 0.1) is 13.8 Å². The fourth-order valence-corrected chi connectivity index (χ4v) is 3.73. The molecule has 0 saturated heterocycles. The Balaban J connectivity index is 1.58. The standard InChI is InChI=1S/C23H24N4O2/c1-14-5-6-18(11-15(14)2)21-13-20(25-26(21)4)23(29)24-19-8-7-17-9-10-27(16(3)28)22(17)12-19/h5-8,11-13H,9-10H2,1-4H3,(H,24,29).